The van der Waals surface area contributed by atoms with E-state index in [1.165, 1.54) is 23.0 Å². The van der Waals surface area contributed by atoms with Crippen LogP contribution in [-0.4, -0.2) is 31.7 Å². The molecule has 37 heavy (non-hydrogen) atoms. The van der Waals surface area contributed by atoms with E-state index in [-0.39, 0.29) is 16.9 Å². The lowest BCUT2D eigenvalue weighted by atomic mass is 9.89. The van der Waals surface area contributed by atoms with Crippen LogP contribution in [0, 0.1) is 5.82 Å². The average molecular weight is 563 g/mol. The van der Waals surface area contributed by atoms with E-state index in [1.807, 2.05) is 5.38 Å². The van der Waals surface area contributed by atoms with Gasteiger partial charge < -0.3 is 4.90 Å². The standard InChI is InChI=1S/C29H36ClFN2O2S2/c1-17(2)21-13-23(18(3)4)28(24(14-21)19(5)6)37(34,35)22-9-11-33(12-10-22)29-32-27(16-36-29)20-7-8-26(31)25(30)15-20/h7-8,13-19,22H,9-12H2,1-6H3. The van der Waals surface area contributed by atoms with Crippen LogP contribution >= 0.6 is 22.9 Å². The summed E-state index contributed by atoms with van der Waals surface area (Å²) in [6.45, 7) is 13.9. The van der Waals surface area contributed by atoms with Gasteiger partial charge in [0.15, 0.2) is 15.0 Å². The average Bonchev–Trinajstić information content (AvgIpc) is 3.35. The van der Waals surface area contributed by atoms with Crippen molar-refractivity contribution in [3.63, 3.8) is 0 Å². The fraction of sp³-hybridized carbons (Fsp3) is 0.483. The zero-order valence-electron chi connectivity index (χ0n) is 22.4. The number of hydrogen-bond donors (Lipinski definition) is 0. The van der Waals surface area contributed by atoms with Crippen LogP contribution in [0.5, 0.6) is 0 Å². The van der Waals surface area contributed by atoms with E-state index in [2.05, 4.69) is 58.6 Å². The number of halogens is 2. The molecule has 4 nitrogen and oxygen atoms in total. The van der Waals surface area contributed by atoms with Gasteiger partial charge in [0.25, 0.3) is 0 Å². The third-order valence-corrected chi connectivity index (χ3v) is 10.8. The fourth-order valence-electron chi connectivity index (χ4n) is 4.94. The van der Waals surface area contributed by atoms with Gasteiger partial charge in [0.2, 0.25) is 0 Å². The van der Waals surface area contributed by atoms with Crippen LogP contribution in [0.4, 0.5) is 9.52 Å². The van der Waals surface area contributed by atoms with Gasteiger partial charge in [0.1, 0.15) is 5.82 Å². The molecule has 2 aromatic carbocycles. The van der Waals surface area contributed by atoms with Gasteiger partial charge in [0.05, 0.1) is 20.9 Å². The van der Waals surface area contributed by atoms with E-state index in [9.17, 15) is 12.8 Å². The zero-order valence-corrected chi connectivity index (χ0v) is 24.8. The predicted molar refractivity (Wildman–Crippen MR) is 154 cm³/mol. The number of nitrogens with zero attached hydrogens (tertiary/aromatic N) is 2. The summed E-state index contributed by atoms with van der Waals surface area (Å²) in [7, 11) is -3.50. The van der Waals surface area contributed by atoms with Gasteiger partial charge in [-0.1, -0.05) is 65.3 Å². The Morgan fingerprint density at radius 2 is 1.57 bits per heavy atom. The van der Waals surface area contributed by atoms with Gasteiger partial charge in [-0.3, -0.25) is 0 Å². The minimum Gasteiger partial charge on any atom is -0.348 e. The lowest BCUT2D eigenvalue weighted by molar-refractivity contribution is 0.526. The van der Waals surface area contributed by atoms with Crippen molar-refractivity contribution >= 4 is 37.9 Å². The second-order valence-electron chi connectivity index (χ2n) is 10.9. The number of rotatable bonds is 7. The highest BCUT2D eigenvalue weighted by Crippen LogP contribution is 2.39. The van der Waals surface area contributed by atoms with Crippen molar-refractivity contribution in [3.05, 3.63) is 63.2 Å². The molecule has 3 aromatic rings. The summed E-state index contributed by atoms with van der Waals surface area (Å²) in [6.07, 6.45) is 1.11. The van der Waals surface area contributed by atoms with Crippen molar-refractivity contribution in [2.24, 2.45) is 0 Å². The van der Waals surface area contributed by atoms with Gasteiger partial charge >= 0.3 is 0 Å². The molecule has 2 heterocycles. The fourth-order valence-corrected chi connectivity index (χ4v) is 8.42. The lowest BCUT2D eigenvalue weighted by Gasteiger charge is -2.33. The molecular formula is C29H36ClFN2O2S2. The number of sulfone groups is 1. The highest BCUT2D eigenvalue weighted by atomic mass is 35.5. The highest BCUT2D eigenvalue weighted by molar-refractivity contribution is 7.92. The van der Waals surface area contributed by atoms with E-state index in [0.717, 1.165) is 27.5 Å². The first-order valence-electron chi connectivity index (χ1n) is 13.0. The first-order chi connectivity index (χ1) is 17.4. The van der Waals surface area contributed by atoms with Crippen LogP contribution in [0.1, 0.15) is 88.8 Å². The molecular weight excluding hydrogens is 527 g/mol. The predicted octanol–water partition coefficient (Wildman–Crippen LogP) is 8.42. The molecule has 8 heteroatoms. The lowest BCUT2D eigenvalue weighted by Crippen LogP contribution is -2.39. The first kappa shape index (κ1) is 28.1. The Balaban J connectivity index is 1.58. The van der Waals surface area contributed by atoms with Crippen LogP contribution in [0.25, 0.3) is 11.3 Å². The van der Waals surface area contributed by atoms with Crippen LogP contribution in [0.2, 0.25) is 5.02 Å². The van der Waals surface area contributed by atoms with Gasteiger partial charge in [-0.2, -0.15) is 0 Å². The van der Waals surface area contributed by atoms with Crippen molar-refractivity contribution in [2.75, 3.05) is 18.0 Å². The summed E-state index contributed by atoms with van der Waals surface area (Å²) in [5.74, 6) is 0.123. The van der Waals surface area contributed by atoms with Gasteiger partial charge in [0, 0.05) is 24.0 Å². The molecule has 0 unspecified atom stereocenters. The van der Waals surface area contributed by atoms with E-state index in [4.69, 9.17) is 16.6 Å². The summed E-state index contributed by atoms with van der Waals surface area (Å²) >= 11 is 7.46. The number of anilines is 1. The molecule has 0 spiro atoms. The summed E-state index contributed by atoms with van der Waals surface area (Å²) in [6, 6.07) is 8.82. The molecule has 1 saturated heterocycles. The Kier molecular flexibility index (Phi) is 8.37. The van der Waals surface area contributed by atoms with Crippen molar-refractivity contribution in [1.82, 2.24) is 4.98 Å². The largest absolute Gasteiger partial charge is 0.348 e. The summed E-state index contributed by atoms with van der Waals surface area (Å²) in [5.41, 5.74) is 4.59. The maximum atomic E-state index is 14.1. The number of piperidine rings is 1. The summed E-state index contributed by atoms with van der Waals surface area (Å²) < 4.78 is 41.8. The minimum atomic E-state index is -3.50. The Labute approximate surface area is 229 Å². The smallest absolute Gasteiger partial charge is 0.185 e. The molecule has 0 atom stereocenters. The molecule has 0 aliphatic carbocycles. The summed E-state index contributed by atoms with van der Waals surface area (Å²) in [4.78, 5) is 7.45. The van der Waals surface area contributed by atoms with Crippen LogP contribution in [-0.2, 0) is 9.84 Å². The minimum absolute atomic E-state index is 0.0704. The Hall–Kier alpha value is -1.96. The first-order valence-corrected chi connectivity index (χ1v) is 15.8. The Morgan fingerprint density at radius 1 is 0.973 bits per heavy atom. The third-order valence-electron chi connectivity index (χ3n) is 7.22. The Morgan fingerprint density at radius 3 is 2.08 bits per heavy atom. The van der Waals surface area contributed by atoms with Crippen molar-refractivity contribution in [3.8, 4) is 11.3 Å². The summed E-state index contributed by atoms with van der Waals surface area (Å²) in [5, 5.41) is 2.43. The van der Waals surface area contributed by atoms with Crippen LogP contribution in [0.15, 0.2) is 40.6 Å². The van der Waals surface area contributed by atoms with Crippen molar-refractivity contribution in [1.29, 1.82) is 0 Å². The number of thiazole rings is 1. The quantitative estimate of drug-likeness (QED) is 0.290. The van der Waals surface area contributed by atoms with E-state index >= 15 is 0 Å². The Bertz CT molecular complexity index is 1350. The van der Waals surface area contributed by atoms with E-state index in [0.29, 0.717) is 36.7 Å². The maximum absolute atomic E-state index is 14.1. The molecule has 0 radical (unpaired) electrons. The number of aromatic nitrogens is 1. The molecule has 1 fully saturated rings. The van der Waals surface area contributed by atoms with E-state index in [1.54, 1.807) is 12.1 Å². The van der Waals surface area contributed by atoms with Gasteiger partial charge in [-0.25, -0.2) is 17.8 Å². The maximum Gasteiger partial charge on any atom is 0.185 e. The van der Waals surface area contributed by atoms with Crippen LogP contribution < -0.4 is 4.90 Å². The third kappa shape index (κ3) is 5.74. The second kappa shape index (κ2) is 11.0. The molecule has 1 aromatic heterocycles. The topological polar surface area (TPSA) is 50.3 Å². The highest BCUT2D eigenvalue weighted by Gasteiger charge is 2.36. The van der Waals surface area contributed by atoms with E-state index < -0.39 is 20.9 Å². The molecule has 0 amide bonds. The molecule has 0 bridgehead atoms. The zero-order chi connectivity index (χ0) is 27.1. The number of benzene rings is 2. The number of hydrogen-bond acceptors (Lipinski definition) is 5. The van der Waals surface area contributed by atoms with Crippen LogP contribution in [0.3, 0.4) is 0 Å². The van der Waals surface area contributed by atoms with Gasteiger partial charge in [-0.05, 0) is 65.5 Å². The monoisotopic (exact) mass is 562 g/mol. The van der Waals surface area contributed by atoms with Crippen molar-refractivity contribution < 1.29 is 12.8 Å². The molecule has 1 aliphatic rings. The molecule has 0 saturated carbocycles. The second-order valence-corrected chi connectivity index (χ2v) is 14.3. The molecule has 200 valence electrons. The van der Waals surface area contributed by atoms with Crippen molar-refractivity contribution in [2.45, 2.75) is 82.3 Å². The normalized spacial score (nSPS) is 15.4. The van der Waals surface area contributed by atoms with Gasteiger partial charge in [-0.15, -0.1) is 11.3 Å². The molecule has 1 aliphatic heterocycles. The molecule has 4 rings (SSSR count). The molecule has 0 N–H and O–H groups in total. The SMILES string of the molecule is CC(C)c1cc(C(C)C)c(S(=O)(=O)C2CCN(c3nc(-c4ccc(F)c(Cl)c4)cs3)CC2)c(C(C)C)c1.